The summed E-state index contributed by atoms with van der Waals surface area (Å²) in [5, 5.41) is 4.26. The summed E-state index contributed by atoms with van der Waals surface area (Å²) >= 11 is 3.48. The SMILES string of the molecule is Cc1cc(Br)cc(-n2cc(C)cn2)c1. The van der Waals surface area contributed by atoms with Crippen molar-refractivity contribution in [2.45, 2.75) is 13.8 Å². The second-order valence-electron chi connectivity index (χ2n) is 3.45. The van der Waals surface area contributed by atoms with Gasteiger partial charge >= 0.3 is 0 Å². The van der Waals surface area contributed by atoms with Crippen molar-refractivity contribution in [2.24, 2.45) is 0 Å². The van der Waals surface area contributed by atoms with Crippen LogP contribution in [0, 0.1) is 13.8 Å². The highest BCUT2D eigenvalue weighted by Crippen LogP contribution is 2.18. The first-order valence-electron chi connectivity index (χ1n) is 4.44. The lowest BCUT2D eigenvalue weighted by Gasteiger charge is -2.03. The second kappa shape index (κ2) is 3.58. The summed E-state index contributed by atoms with van der Waals surface area (Å²) in [6.45, 7) is 4.11. The van der Waals surface area contributed by atoms with E-state index in [1.165, 1.54) is 11.1 Å². The summed E-state index contributed by atoms with van der Waals surface area (Å²) in [4.78, 5) is 0. The molecule has 14 heavy (non-hydrogen) atoms. The van der Waals surface area contributed by atoms with E-state index < -0.39 is 0 Å². The second-order valence-corrected chi connectivity index (χ2v) is 4.36. The number of nitrogens with zero attached hydrogens (tertiary/aromatic N) is 2. The molecule has 1 heterocycles. The molecule has 0 saturated heterocycles. The highest BCUT2D eigenvalue weighted by molar-refractivity contribution is 9.10. The Bertz CT molecular complexity index is 440. The first kappa shape index (κ1) is 9.46. The Morgan fingerprint density at radius 1 is 1.14 bits per heavy atom. The lowest BCUT2D eigenvalue weighted by Crippen LogP contribution is -1.94. The van der Waals surface area contributed by atoms with Gasteiger partial charge in [0.15, 0.2) is 0 Å². The van der Waals surface area contributed by atoms with Crippen LogP contribution in [0.1, 0.15) is 11.1 Å². The Morgan fingerprint density at radius 3 is 2.50 bits per heavy atom. The lowest BCUT2D eigenvalue weighted by atomic mass is 10.2. The van der Waals surface area contributed by atoms with E-state index in [1.54, 1.807) is 0 Å². The number of halogens is 1. The molecule has 0 N–H and O–H groups in total. The molecule has 0 amide bonds. The molecule has 0 aliphatic carbocycles. The molecule has 3 heteroatoms. The third-order valence-electron chi connectivity index (χ3n) is 2.00. The molecule has 1 aromatic carbocycles. The minimum atomic E-state index is 1.08. The van der Waals surface area contributed by atoms with Gasteiger partial charge in [-0.1, -0.05) is 15.9 Å². The highest BCUT2D eigenvalue weighted by atomic mass is 79.9. The quantitative estimate of drug-likeness (QED) is 0.760. The predicted octanol–water partition coefficient (Wildman–Crippen LogP) is 3.25. The van der Waals surface area contributed by atoms with E-state index in [9.17, 15) is 0 Å². The molecular formula is C11H11BrN2. The number of hydrogen-bond donors (Lipinski definition) is 0. The normalized spacial score (nSPS) is 10.5. The van der Waals surface area contributed by atoms with E-state index in [-0.39, 0.29) is 0 Å². The average Bonchev–Trinajstić information content (AvgIpc) is 2.50. The van der Waals surface area contributed by atoms with E-state index in [0.29, 0.717) is 0 Å². The average molecular weight is 251 g/mol. The van der Waals surface area contributed by atoms with Gasteiger partial charge in [0.05, 0.1) is 11.9 Å². The Kier molecular flexibility index (Phi) is 2.42. The molecule has 72 valence electrons. The summed E-state index contributed by atoms with van der Waals surface area (Å²) < 4.78 is 2.97. The van der Waals surface area contributed by atoms with E-state index >= 15 is 0 Å². The van der Waals surface area contributed by atoms with Gasteiger partial charge in [-0.25, -0.2) is 4.68 Å². The number of rotatable bonds is 1. The van der Waals surface area contributed by atoms with Crippen molar-refractivity contribution >= 4 is 15.9 Å². The van der Waals surface area contributed by atoms with Crippen molar-refractivity contribution in [1.29, 1.82) is 0 Å². The third-order valence-corrected chi connectivity index (χ3v) is 2.46. The molecular weight excluding hydrogens is 240 g/mol. The van der Waals surface area contributed by atoms with Gasteiger partial charge < -0.3 is 0 Å². The minimum Gasteiger partial charge on any atom is -0.241 e. The first-order chi connectivity index (χ1) is 6.65. The number of hydrogen-bond acceptors (Lipinski definition) is 1. The standard InChI is InChI=1S/C11H11BrN2/c1-8-3-10(12)5-11(4-8)14-7-9(2)6-13-14/h3-7H,1-2H3. The van der Waals surface area contributed by atoms with Gasteiger partial charge in [0.1, 0.15) is 0 Å². The van der Waals surface area contributed by atoms with Crippen molar-refractivity contribution in [2.75, 3.05) is 0 Å². The number of benzene rings is 1. The van der Waals surface area contributed by atoms with Crippen LogP contribution in [0.3, 0.4) is 0 Å². The fourth-order valence-corrected chi connectivity index (χ4v) is 2.00. The summed E-state index contributed by atoms with van der Waals surface area (Å²) in [7, 11) is 0. The van der Waals surface area contributed by atoms with Crippen molar-refractivity contribution < 1.29 is 0 Å². The van der Waals surface area contributed by atoms with Crippen LogP contribution in [-0.4, -0.2) is 9.78 Å². The maximum absolute atomic E-state index is 4.26. The molecule has 2 aromatic rings. The maximum Gasteiger partial charge on any atom is 0.0659 e. The zero-order chi connectivity index (χ0) is 10.1. The van der Waals surface area contributed by atoms with Crippen molar-refractivity contribution in [3.63, 3.8) is 0 Å². The van der Waals surface area contributed by atoms with Crippen LogP contribution in [0.15, 0.2) is 35.1 Å². The van der Waals surface area contributed by atoms with Gasteiger partial charge in [0.25, 0.3) is 0 Å². The van der Waals surface area contributed by atoms with E-state index in [1.807, 2.05) is 24.0 Å². The Morgan fingerprint density at radius 2 is 1.93 bits per heavy atom. The summed E-state index contributed by atoms with van der Waals surface area (Å²) in [5.41, 5.74) is 3.48. The monoisotopic (exact) mass is 250 g/mol. The van der Waals surface area contributed by atoms with Gasteiger partial charge in [0.2, 0.25) is 0 Å². The molecule has 0 unspecified atom stereocenters. The largest absolute Gasteiger partial charge is 0.241 e. The summed E-state index contributed by atoms with van der Waals surface area (Å²) in [6, 6.07) is 6.25. The molecule has 2 nitrogen and oxygen atoms in total. The van der Waals surface area contributed by atoms with Crippen LogP contribution in [-0.2, 0) is 0 Å². The zero-order valence-corrected chi connectivity index (χ0v) is 9.75. The van der Waals surface area contributed by atoms with Gasteiger partial charge in [-0.15, -0.1) is 0 Å². The van der Waals surface area contributed by atoms with Gasteiger partial charge in [-0.3, -0.25) is 0 Å². The fourth-order valence-electron chi connectivity index (χ4n) is 1.40. The third kappa shape index (κ3) is 1.87. The molecule has 0 aliphatic heterocycles. The lowest BCUT2D eigenvalue weighted by molar-refractivity contribution is 0.878. The molecule has 0 fully saturated rings. The minimum absolute atomic E-state index is 1.08. The van der Waals surface area contributed by atoms with Crippen LogP contribution < -0.4 is 0 Å². The number of aryl methyl sites for hydroxylation is 2. The zero-order valence-electron chi connectivity index (χ0n) is 8.16. The summed E-state index contributed by atoms with van der Waals surface area (Å²) in [6.07, 6.45) is 3.87. The van der Waals surface area contributed by atoms with Crippen LogP contribution >= 0.6 is 15.9 Å². The molecule has 0 atom stereocenters. The molecule has 1 aromatic heterocycles. The van der Waals surface area contributed by atoms with Gasteiger partial charge in [-0.2, -0.15) is 5.10 Å². The van der Waals surface area contributed by atoms with Crippen molar-refractivity contribution in [3.8, 4) is 5.69 Å². The molecule has 0 saturated carbocycles. The predicted molar refractivity (Wildman–Crippen MR) is 60.7 cm³/mol. The molecule has 0 aliphatic rings. The first-order valence-corrected chi connectivity index (χ1v) is 5.23. The van der Waals surface area contributed by atoms with E-state index in [0.717, 1.165) is 10.2 Å². The van der Waals surface area contributed by atoms with Gasteiger partial charge in [0, 0.05) is 10.7 Å². The smallest absolute Gasteiger partial charge is 0.0659 e. The molecule has 0 spiro atoms. The van der Waals surface area contributed by atoms with Crippen molar-refractivity contribution in [3.05, 3.63) is 46.2 Å². The Hall–Kier alpha value is -1.09. The Balaban J connectivity index is 2.51. The van der Waals surface area contributed by atoms with E-state index in [4.69, 9.17) is 0 Å². The number of aromatic nitrogens is 2. The van der Waals surface area contributed by atoms with Crippen LogP contribution in [0.5, 0.6) is 0 Å². The highest BCUT2D eigenvalue weighted by Gasteiger charge is 2.00. The Labute approximate surface area is 91.7 Å². The topological polar surface area (TPSA) is 17.8 Å². The van der Waals surface area contributed by atoms with Crippen LogP contribution in [0.2, 0.25) is 0 Å². The maximum atomic E-state index is 4.26. The summed E-state index contributed by atoms with van der Waals surface area (Å²) in [5.74, 6) is 0. The molecule has 0 radical (unpaired) electrons. The van der Waals surface area contributed by atoms with E-state index in [2.05, 4.69) is 46.2 Å². The molecule has 2 rings (SSSR count). The van der Waals surface area contributed by atoms with Crippen molar-refractivity contribution in [1.82, 2.24) is 9.78 Å². The molecule has 0 bridgehead atoms. The fraction of sp³-hybridized carbons (Fsp3) is 0.182. The van der Waals surface area contributed by atoms with Gasteiger partial charge in [-0.05, 0) is 43.2 Å². The van der Waals surface area contributed by atoms with Crippen LogP contribution in [0.4, 0.5) is 0 Å². The van der Waals surface area contributed by atoms with Crippen LogP contribution in [0.25, 0.3) is 5.69 Å².